The summed E-state index contributed by atoms with van der Waals surface area (Å²) in [5.74, 6) is 1.25. The minimum absolute atomic E-state index is 0.0819. The molecular weight excluding hydrogens is 352 g/mol. The van der Waals surface area contributed by atoms with E-state index in [0.717, 1.165) is 23.2 Å². The number of aromatic nitrogens is 4. The molecule has 1 N–H and O–H groups in total. The molecule has 1 fully saturated rings. The first-order valence-electron chi connectivity index (χ1n) is 9.47. The predicted octanol–water partition coefficient (Wildman–Crippen LogP) is 2.75. The molecule has 0 radical (unpaired) electrons. The van der Waals surface area contributed by atoms with Crippen LogP contribution >= 0.6 is 0 Å². The number of hydrogen-bond acceptors (Lipinski definition) is 5. The summed E-state index contributed by atoms with van der Waals surface area (Å²) in [7, 11) is 3.82. The molecule has 7 nitrogen and oxygen atoms in total. The molecule has 3 aromatic rings. The molecule has 1 amide bonds. The van der Waals surface area contributed by atoms with Crippen molar-refractivity contribution in [1.82, 2.24) is 24.8 Å². The number of carbonyl (C=O) groups is 1. The van der Waals surface area contributed by atoms with Crippen molar-refractivity contribution in [2.45, 2.75) is 25.9 Å². The summed E-state index contributed by atoms with van der Waals surface area (Å²) in [6.45, 7) is 1.32. The average Bonchev–Trinajstić information content (AvgIpc) is 3.43. The molecule has 3 heterocycles. The van der Waals surface area contributed by atoms with Gasteiger partial charge in [-0.1, -0.05) is 6.07 Å². The maximum Gasteiger partial charge on any atom is 0.268 e. The van der Waals surface area contributed by atoms with Gasteiger partial charge in [0, 0.05) is 69.3 Å². The second-order valence-electron chi connectivity index (χ2n) is 7.42. The zero-order valence-corrected chi connectivity index (χ0v) is 16.2. The first kappa shape index (κ1) is 18.2. The standard InChI is InChI=1S/C21H24N6O/c1-26(2)21-24-11-18(12-25-21)17-8-19(27(14-17)13-15-5-6-15)20(28)23-10-16-4-3-7-22-9-16/h3-4,7-9,11-12,14-15H,5-6,10,13H2,1-2H3,(H,23,28). The van der Waals surface area contributed by atoms with Crippen molar-refractivity contribution in [3.05, 3.63) is 60.4 Å². The highest BCUT2D eigenvalue weighted by Crippen LogP contribution is 2.32. The van der Waals surface area contributed by atoms with E-state index in [1.54, 1.807) is 24.8 Å². The molecule has 28 heavy (non-hydrogen) atoms. The van der Waals surface area contributed by atoms with Crippen LogP contribution in [0, 0.1) is 5.92 Å². The number of pyridine rings is 1. The molecule has 0 unspecified atom stereocenters. The van der Waals surface area contributed by atoms with Gasteiger partial charge in [0.2, 0.25) is 5.95 Å². The Bertz CT molecular complexity index is 945. The van der Waals surface area contributed by atoms with E-state index >= 15 is 0 Å². The summed E-state index contributed by atoms with van der Waals surface area (Å²) in [5, 5.41) is 3.00. The van der Waals surface area contributed by atoms with Gasteiger partial charge in [0.1, 0.15) is 5.69 Å². The number of anilines is 1. The van der Waals surface area contributed by atoms with Crippen molar-refractivity contribution in [1.29, 1.82) is 0 Å². The second-order valence-corrected chi connectivity index (χ2v) is 7.42. The topological polar surface area (TPSA) is 75.9 Å². The highest BCUT2D eigenvalue weighted by Gasteiger charge is 2.24. The SMILES string of the molecule is CN(C)c1ncc(-c2cc(C(=O)NCc3cccnc3)n(CC3CC3)c2)cn1. The van der Waals surface area contributed by atoms with Crippen molar-refractivity contribution < 1.29 is 4.79 Å². The van der Waals surface area contributed by atoms with Crippen LogP contribution in [-0.4, -0.2) is 39.5 Å². The molecular formula is C21H24N6O. The van der Waals surface area contributed by atoms with Gasteiger partial charge in [-0.3, -0.25) is 9.78 Å². The van der Waals surface area contributed by atoms with E-state index in [4.69, 9.17) is 0 Å². The van der Waals surface area contributed by atoms with E-state index in [1.165, 1.54) is 12.8 Å². The van der Waals surface area contributed by atoms with Crippen molar-refractivity contribution in [3.8, 4) is 11.1 Å². The van der Waals surface area contributed by atoms with Crippen LogP contribution in [0.1, 0.15) is 28.9 Å². The Hall–Kier alpha value is -3.22. The van der Waals surface area contributed by atoms with Gasteiger partial charge in [0.25, 0.3) is 5.91 Å². The molecule has 1 aliphatic carbocycles. The van der Waals surface area contributed by atoms with Crippen LogP contribution in [0.5, 0.6) is 0 Å². The van der Waals surface area contributed by atoms with Gasteiger partial charge in [-0.05, 0) is 36.5 Å². The Balaban J connectivity index is 1.55. The highest BCUT2D eigenvalue weighted by atomic mass is 16.1. The van der Waals surface area contributed by atoms with E-state index in [2.05, 4.69) is 24.8 Å². The maximum atomic E-state index is 12.8. The van der Waals surface area contributed by atoms with Crippen LogP contribution in [-0.2, 0) is 13.1 Å². The largest absolute Gasteiger partial charge is 0.347 e. The minimum Gasteiger partial charge on any atom is -0.347 e. The van der Waals surface area contributed by atoms with Gasteiger partial charge in [0.05, 0.1) is 0 Å². The number of carbonyl (C=O) groups excluding carboxylic acids is 1. The Kier molecular flexibility index (Phi) is 5.06. The van der Waals surface area contributed by atoms with Crippen molar-refractivity contribution in [2.24, 2.45) is 5.92 Å². The van der Waals surface area contributed by atoms with Crippen molar-refractivity contribution >= 4 is 11.9 Å². The Morgan fingerprint density at radius 1 is 1.21 bits per heavy atom. The summed E-state index contributed by atoms with van der Waals surface area (Å²) < 4.78 is 2.06. The van der Waals surface area contributed by atoms with Gasteiger partial charge in [-0.25, -0.2) is 9.97 Å². The molecule has 1 aliphatic rings. The van der Waals surface area contributed by atoms with E-state index in [1.807, 2.05) is 43.4 Å². The van der Waals surface area contributed by atoms with Gasteiger partial charge in [0.15, 0.2) is 0 Å². The lowest BCUT2D eigenvalue weighted by molar-refractivity contribution is 0.0941. The maximum absolute atomic E-state index is 12.8. The van der Waals surface area contributed by atoms with Crippen LogP contribution in [0.25, 0.3) is 11.1 Å². The first-order valence-corrected chi connectivity index (χ1v) is 9.47. The molecule has 0 spiro atoms. The molecule has 7 heteroatoms. The van der Waals surface area contributed by atoms with Gasteiger partial charge >= 0.3 is 0 Å². The summed E-state index contributed by atoms with van der Waals surface area (Å²) in [6.07, 6.45) is 11.6. The smallest absolute Gasteiger partial charge is 0.268 e. The predicted molar refractivity (Wildman–Crippen MR) is 108 cm³/mol. The van der Waals surface area contributed by atoms with Crippen LogP contribution in [0.4, 0.5) is 5.95 Å². The molecule has 0 aliphatic heterocycles. The molecule has 0 aromatic carbocycles. The molecule has 144 valence electrons. The first-order chi connectivity index (χ1) is 13.6. The van der Waals surface area contributed by atoms with E-state index in [0.29, 0.717) is 24.1 Å². The number of nitrogens with one attached hydrogen (secondary N) is 1. The number of rotatable bonds is 7. The van der Waals surface area contributed by atoms with E-state index in [9.17, 15) is 4.79 Å². The zero-order valence-electron chi connectivity index (χ0n) is 16.2. The van der Waals surface area contributed by atoms with Gasteiger partial charge in [-0.15, -0.1) is 0 Å². The summed E-state index contributed by atoms with van der Waals surface area (Å²) in [5.41, 5.74) is 3.51. The fourth-order valence-electron chi connectivity index (χ4n) is 3.07. The molecule has 4 rings (SSSR count). The normalized spacial score (nSPS) is 13.4. The molecule has 0 bridgehead atoms. The zero-order chi connectivity index (χ0) is 19.5. The van der Waals surface area contributed by atoms with E-state index < -0.39 is 0 Å². The Morgan fingerprint density at radius 2 is 2.00 bits per heavy atom. The molecule has 0 saturated heterocycles. The van der Waals surface area contributed by atoms with E-state index in [-0.39, 0.29) is 5.91 Å². The van der Waals surface area contributed by atoms with Gasteiger partial charge in [-0.2, -0.15) is 0 Å². The molecule has 3 aromatic heterocycles. The summed E-state index contributed by atoms with van der Waals surface area (Å²) in [6, 6.07) is 5.74. The second kappa shape index (κ2) is 7.80. The highest BCUT2D eigenvalue weighted by molar-refractivity contribution is 5.94. The van der Waals surface area contributed by atoms with Crippen LogP contribution in [0.15, 0.2) is 49.2 Å². The lowest BCUT2D eigenvalue weighted by atomic mass is 10.2. The number of nitrogens with zero attached hydrogens (tertiary/aromatic N) is 5. The Morgan fingerprint density at radius 3 is 2.64 bits per heavy atom. The minimum atomic E-state index is -0.0819. The Labute approximate surface area is 164 Å². The third kappa shape index (κ3) is 4.19. The van der Waals surface area contributed by atoms with Crippen molar-refractivity contribution in [3.63, 3.8) is 0 Å². The fourth-order valence-corrected chi connectivity index (χ4v) is 3.07. The fraction of sp³-hybridized carbons (Fsp3) is 0.333. The quantitative estimate of drug-likeness (QED) is 0.686. The third-order valence-corrected chi connectivity index (χ3v) is 4.83. The third-order valence-electron chi connectivity index (χ3n) is 4.83. The van der Waals surface area contributed by atoms with Crippen LogP contribution < -0.4 is 10.2 Å². The molecule has 0 atom stereocenters. The van der Waals surface area contributed by atoms with Gasteiger partial charge < -0.3 is 14.8 Å². The lowest BCUT2D eigenvalue weighted by Crippen LogP contribution is -2.25. The molecule has 1 saturated carbocycles. The summed E-state index contributed by atoms with van der Waals surface area (Å²) >= 11 is 0. The van der Waals surface area contributed by atoms with Crippen LogP contribution in [0.3, 0.4) is 0 Å². The lowest BCUT2D eigenvalue weighted by Gasteiger charge is -2.09. The monoisotopic (exact) mass is 376 g/mol. The number of hydrogen-bond donors (Lipinski definition) is 1. The average molecular weight is 376 g/mol. The number of amides is 1. The summed E-state index contributed by atoms with van der Waals surface area (Å²) in [4.78, 5) is 27.6. The van der Waals surface area contributed by atoms with Crippen LogP contribution in [0.2, 0.25) is 0 Å². The van der Waals surface area contributed by atoms with Crippen molar-refractivity contribution in [2.75, 3.05) is 19.0 Å².